The van der Waals surface area contributed by atoms with Gasteiger partial charge in [0, 0.05) is 16.7 Å². The monoisotopic (exact) mass is 559 g/mol. The van der Waals surface area contributed by atoms with Gasteiger partial charge in [-0.2, -0.15) is 5.26 Å². The largest absolute Gasteiger partial charge is 0.228 e. The fraction of sp³-hybridized carbons (Fsp3) is 0. The van der Waals surface area contributed by atoms with Gasteiger partial charge in [-0.05, 0) is 67.7 Å². The van der Waals surface area contributed by atoms with Crippen LogP contribution in [0.25, 0.3) is 77.3 Å². The summed E-state index contributed by atoms with van der Waals surface area (Å²) in [5, 5.41) is 16.3. The van der Waals surface area contributed by atoms with Crippen LogP contribution in [0.4, 0.5) is 0 Å². The predicted octanol–water partition coefficient (Wildman–Crippen LogP) is 10.5. The second-order valence-corrected chi connectivity index (χ2v) is 11.0. The van der Waals surface area contributed by atoms with Crippen LogP contribution in [0.3, 0.4) is 0 Å². The van der Waals surface area contributed by atoms with Gasteiger partial charge in [-0.15, -0.1) is 0 Å². The highest BCUT2D eigenvalue weighted by Crippen LogP contribution is 2.41. The van der Waals surface area contributed by atoms with E-state index >= 15 is 0 Å². The van der Waals surface area contributed by atoms with Crippen molar-refractivity contribution < 1.29 is 0 Å². The molecule has 0 atom stereocenters. The summed E-state index contributed by atoms with van der Waals surface area (Å²) in [6, 6.07) is 54.5. The van der Waals surface area contributed by atoms with Crippen molar-refractivity contribution in [3.8, 4) is 51.1 Å². The number of fused-ring (bicyclic) bond motifs is 4. The molecule has 0 saturated heterocycles. The van der Waals surface area contributed by atoms with Crippen LogP contribution in [0.2, 0.25) is 0 Å². The van der Waals surface area contributed by atoms with Gasteiger partial charge in [0.1, 0.15) is 0 Å². The second kappa shape index (κ2) is 10.6. The van der Waals surface area contributed by atoms with Gasteiger partial charge in [-0.3, -0.25) is 0 Å². The molecule has 8 aromatic rings. The molecule has 0 unspecified atom stereocenters. The third-order valence-electron chi connectivity index (χ3n) is 8.29. The van der Waals surface area contributed by atoms with Crippen LogP contribution in [0, 0.1) is 11.3 Å². The highest BCUT2D eigenvalue weighted by molar-refractivity contribution is 6.21. The third-order valence-corrected chi connectivity index (χ3v) is 8.29. The molecule has 0 saturated carbocycles. The van der Waals surface area contributed by atoms with Crippen molar-refractivity contribution in [1.29, 1.82) is 5.26 Å². The number of nitriles is 1. The van der Waals surface area contributed by atoms with E-state index in [9.17, 15) is 5.26 Å². The summed E-state index contributed by atoms with van der Waals surface area (Å²) in [5.74, 6) is 0.690. The maximum absolute atomic E-state index is 9.18. The Morgan fingerprint density at radius 1 is 0.432 bits per heavy atom. The lowest BCUT2D eigenvalue weighted by Gasteiger charge is -2.16. The Morgan fingerprint density at radius 3 is 1.77 bits per heavy atom. The summed E-state index contributed by atoms with van der Waals surface area (Å²) in [7, 11) is 0. The number of hydrogen-bond donors (Lipinski definition) is 0. The molecule has 0 N–H and O–H groups in total. The lowest BCUT2D eigenvalue weighted by atomic mass is 9.90. The summed E-state index contributed by atoms with van der Waals surface area (Å²) in [6.45, 7) is 0. The van der Waals surface area contributed by atoms with E-state index in [0.29, 0.717) is 11.4 Å². The molecular weight excluding hydrogens is 534 g/mol. The van der Waals surface area contributed by atoms with E-state index < -0.39 is 0 Å². The van der Waals surface area contributed by atoms with Crippen molar-refractivity contribution in [2.45, 2.75) is 0 Å². The predicted molar refractivity (Wildman–Crippen MR) is 181 cm³/mol. The highest BCUT2D eigenvalue weighted by atomic mass is 14.9. The average molecular weight is 560 g/mol. The fourth-order valence-corrected chi connectivity index (χ4v) is 6.12. The average Bonchev–Trinajstić information content (AvgIpc) is 3.11. The van der Waals surface area contributed by atoms with E-state index in [0.717, 1.165) is 44.6 Å². The minimum Gasteiger partial charge on any atom is -0.228 e. The van der Waals surface area contributed by atoms with E-state index in [2.05, 4.69) is 115 Å². The summed E-state index contributed by atoms with van der Waals surface area (Å²) in [4.78, 5) is 10.4. The van der Waals surface area contributed by atoms with Crippen LogP contribution in [-0.4, -0.2) is 9.97 Å². The number of hydrogen-bond acceptors (Lipinski definition) is 3. The minimum absolute atomic E-state index is 0.654. The first-order chi connectivity index (χ1) is 21.7. The van der Waals surface area contributed by atoms with Crippen molar-refractivity contribution in [3.63, 3.8) is 0 Å². The Kier molecular flexibility index (Phi) is 6.18. The van der Waals surface area contributed by atoms with Gasteiger partial charge in [0.25, 0.3) is 0 Å². The van der Waals surface area contributed by atoms with Gasteiger partial charge in [0.2, 0.25) is 0 Å². The molecule has 0 bridgehead atoms. The quantitative estimate of drug-likeness (QED) is 0.159. The van der Waals surface area contributed by atoms with Crippen LogP contribution in [-0.2, 0) is 0 Å². The molecule has 8 rings (SSSR count). The van der Waals surface area contributed by atoms with Crippen LogP contribution >= 0.6 is 0 Å². The molecule has 0 aliphatic rings. The molecule has 44 heavy (non-hydrogen) atoms. The molecule has 0 spiro atoms. The van der Waals surface area contributed by atoms with Crippen molar-refractivity contribution in [2.75, 3.05) is 0 Å². The third kappa shape index (κ3) is 4.47. The minimum atomic E-state index is 0.654. The molecule has 0 fully saturated rings. The Morgan fingerprint density at radius 2 is 1.02 bits per heavy atom. The summed E-state index contributed by atoms with van der Waals surface area (Å²) in [6.07, 6.45) is 0. The smallest absolute Gasteiger partial charge is 0.160 e. The zero-order valence-electron chi connectivity index (χ0n) is 23.8. The highest BCUT2D eigenvalue weighted by Gasteiger charge is 2.17. The molecule has 0 aliphatic heterocycles. The normalized spacial score (nSPS) is 11.2. The summed E-state index contributed by atoms with van der Waals surface area (Å²) in [5.41, 5.74) is 7.66. The summed E-state index contributed by atoms with van der Waals surface area (Å²) < 4.78 is 0. The van der Waals surface area contributed by atoms with Gasteiger partial charge in [0.15, 0.2) is 5.82 Å². The van der Waals surface area contributed by atoms with E-state index in [1.165, 1.54) is 26.9 Å². The van der Waals surface area contributed by atoms with E-state index in [-0.39, 0.29) is 0 Å². The molecule has 7 aromatic carbocycles. The first-order valence-electron chi connectivity index (χ1n) is 14.6. The van der Waals surface area contributed by atoms with E-state index in [1.54, 1.807) is 0 Å². The maximum Gasteiger partial charge on any atom is 0.160 e. The standard InChI is InChI=1S/C41H25N3/c42-26-27-14-16-28(17-15-27)29-18-21-31(22-19-29)37-25-38(44-41(43-37)32-9-2-1-3-10-32)40-36-13-7-5-11-33(36)24-34-23-20-30-8-4-6-12-35(30)39(34)40/h1-25H. The van der Waals surface area contributed by atoms with Crippen LogP contribution in [0.1, 0.15) is 5.56 Å². The van der Waals surface area contributed by atoms with E-state index in [1.807, 2.05) is 42.5 Å². The first-order valence-corrected chi connectivity index (χ1v) is 14.6. The summed E-state index contributed by atoms with van der Waals surface area (Å²) >= 11 is 0. The Labute approximate surface area is 255 Å². The Hall–Kier alpha value is -6.11. The molecule has 3 nitrogen and oxygen atoms in total. The first kappa shape index (κ1) is 25.6. The second-order valence-electron chi connectivity index (χ2n) is 11.0. The molecule has 204 valence electrons. The van der Waals surface area contributed by atoms with Crippen LogP contribution in [0.5, 0.6) is 0 Å². The van der Waals surface area contributed by atoms with E-state index in [4.69, 9.17) is 9.97 Å². The zero-order chi connectivity index (χ0) is 29.5. The van der Waals surface area contributed by atoms with Gasteiger partial charge in [-0.25, -0.2) is 9.97 Å². The molecule has 0 aliphatic carbocycles. The number of benzene rings is 7. The number of rotatable bonds is 4. The molecular formula is C41H25N3. The van der Waals surface area contributed by atoms with Crippen LogP contribution in [0.15, 0.2) is 152 Å². The lowest BCUT2D eigenvalue weighted by molar-refractivity contribution is 1.19. The van der Waals surface area contributed by atoms with Crippen LogP contribution < -0.4 is 0 Å². The Bertz CT molecular complexity index is 2370. The molecule has 3 heteroatoms. The molecule has 0 radical (unpaired) electrons. The fourth-order valence-electron chi connectivity index (χ4n) is 6.12. The van der Waals surface area contributed by atoms with Gasteiger partial charge in [0.05, 0.1) is 23.0 Å². The van der Waals surface area contributed by atoms with Crippen molar-refractivity contribution in [3.05, 3.63) is 157 Å². The van der Waals surface area contributed by atoms with Gasteiger partial charge in [-0.1, -0.05) is 127 Å². The van der Waals surface area contributed by atoms with Gasteiger partial charge >= 0.3 is 0 Å². The molecule has 1 aromatic heterocycles. The lowest BCUT2D eigenvalue weighted by Crippen LogP contribution is -1.97. The Balaban J connectivity index is 1.38. The van der Waals surface area contributed by atoms with Crippen molar-refractivity contribution in [2.24, 2.45) is 0 Å². The number of nitrogens with zero attached hydrogens (tertiary/aromatic N) is 3. The van der Waals surface area contributed by atoms with Crippen molar-refractivity contribution in [1.82, 2.24) is 9.97 Å². The molecule has 0 amide bonds. The topological polar surface area (TPSA) is 49.6 Å². The maximum atomic E-state index is 9.18. The van der Waals surface area contributed by atoms with Gasteiger partial charge < -0.3 is 0 Å². The zero-order valence-corrected chi connectivity index (χ0v) is 23.8. The molecule has 1 heterocycles. The van der Waals surface area contributed by atoms with Crippen molar-refractivity contribution >= 4 is 32.3 Å². The SMILES string of the molecule is N#Cc1ccc(-c2ccc(-c3cc(-c4c5ccccc5cc5ccc6ccccc6c45)nc(-c4ccccc4)n3)cc2)cc1. The number of aromatic nitrogens is 2.